The highest BCUT2D eigenvalue weighted by Crippen LogP contribution is 2.32. The van der Waals surface area contributed by atoms with Gasteiger partial charge in [0.2, 0.25) is 0 Å². The number of carbonyl (C=O) groups excluding carboxylic acids is 1. The number of amides is 1. The van der Waals surface area contributed by atoms with Gasteiger partial charge < -0.3 is 0 Å². The summed E-state index contributed by atoms with van der Waals surface area (Å²) < 4.78 is 2.66. The number of pyridine rings is 1. The molecule has 4 rings (SSSR count). The lowest BCUT2D eigenvalue weighted by molar-refractivity contribution is 0.0979. The van der Waals surface area contributed by atoms with Gasteiger partial charge in [-0.1, -0.05) is 29.0 Å². The number of fused-ring (bicyclic) bond motifs is 1. The first-order chi connectivity index (χ1) is 13.1. The average molecular weight is 398 g/mol. The lowest BCUT2D eigenvalue weighted by Crippen LogP contribution is -2.30. The molecule has 0 radical (unpaired) electrons. The summed E-state index contributed by atoms with van der Waals surface area (Å²) in [5, 5.41) is 5.60. The Morgan fingerprint density at radius 2 is 2.19 bits per heavy atom. The first-order valence-electron chi connectivity index (χ1n) is 8.44. The Morgan fingerprint density at radius 3 is 2.93 bits per heavy atom. The van der Waals surface area contributed by atoms with Crippen molar-refractivity contribution in [3.63, 3.8) is 0 Å². The minimum Gasteiger partial charge on any atom is -0.278 e. The molecule has 0 unspecified atom stereocenters. The molecule has 0 aliphatic heterocycles. The van der Waals surface area contributed by atoms with Crippen LogP contribution in [0.1, 0.15) is 23.0 Å². The molecule has 0 saturated heterocycles. The number of halogens is 1. The molecule has 1 amide bonds. The molecule has 4 aromatic rings. The molecule has 0 spiro atoms. The van der Waals surface area contributed by atoms with Gasteiger partial charge in [-0.05, 0) is 42.8 Å². The summed E-state index contributed by atoms with van der Waals surface area (Å²) in [5.74, 6) is -0.198. The van der Waals surface area contributed by atoms with Crippen molar-refractivity contribution in [3.8, 4) is 0 Å². The normalized spacial score (nSPS) is 11.0. The van der Waals surface area contributed by atoms with Crippen molar-refractivity contribution < 1.29 is 4.79 Å². The molecule has 0 bridgehead atoms. The first-order valence-corrected chi connectivity index (χ1v) is 9.64. The highest BCUT2D eigenvalue weighted by molar-refractivity contribution is 7.22. The molecule has 0 atom stereocenters. The summed E-state index contributed by atoms with van der Waals surface area (Å²) >= 11 is 7.52. The van der Waals surface area contributed by atoms with E-state index in [-0.39, 0.29) is 5.91 Å². The Bertz CT molecular complexity index is 1090. The predicted octanol–water partition coefficient (Wildman–Crippen LogP) is 4.41. The van der Waals surface area contributed by atoms with E-state index in [4.69, 9.17) is 11.6 Å². The van der Waals surface area contributed by atoms with E-state index in [9.17, 15) is 4.79 Å². The summed E-state index contributed by atoms with van der Waals surface area (Å²) in [6, 6.07) is 11.0. The fourth-order valence-corrected chi connectivity index (χ4v) is 3.93. The molecular formula is C19H16ClN5OS. The largest absolute Gasteiger partial charge is 0.280 e. The van der Waals surface area contributed by atoms with Gasteiger partial charge in [0.05, 0.1) is 16.8 Å². The standard InChI is InChI=1S/C19H16ClN5OS/c1-2-24-9-7-16(23-24)18(26)25(12-13-4-3-8-21-11-13)19-22-15-6-5-14(20)10-17(15)27-19/h3-11H,2,12H2,1H3. The number of aryl methyl sites for hydroxylation is 1. The van der Waals surface area contributed by atoms with Gasteiger partial charge in [-0.25, -0.2) is 4.98 Å². The van der Waals surface area contributed by atoms with Crippen molar-refractivity contribution in [3.05, 3.63) is 71.3 Å². The number of nitrogens with zero attached hydrogens (tertiary/aromatic N) is 5. The smallest absolute Gasteiger partial charge is 0.278 e. The zero-order chi connectivity index (χ0) is 18.8. The number of benzene rings is 1. The average Bonchev–Trinajstić information content (AvgIpc) is 3.32. The molecule has 0 N–H and O–H groups in total. The van der Waals surface area contributed by atoms with Gasteiger partial charge in [0, 0.05) is 30.2 Å². The van der Waals surface area contributed by atoms with Crippen LogP contribution in [0, 0.1) is 0 Å². The maximum absolute atomic E-state index is 13.2. The van der Waals surface area contributed by atoms with E-state index >= 15 is 0 Å². The van der Waals surface area contributed by atoms with Gasteiger partial charge >= 0.3 is 0 Å². The van der Waals surface area contributed by atoms with Gasteiger partial charge in [0.1, 0.15) is 0 Å². The van der Waals surface area contributed by atoms with Crippen LogP contribution in [0.25, 0.3) is 10.2 Å². The molecule has 136 valence electrons. The van der Waals surface area contributed by atoms with Crippen LogP contribution in [0.3, 0.4) is 0 Å². The van der Waals surface area contributed by atoms with Gasteiger partial charge in [-0.2, -0.15) is 5.10 Å². The Balaban J connectivity index is 1.75. The Kier molecular flexibility index (Phi) is 4.87. The highest BCUT2D eigenvalue weighted by atomic mass is 35.5. The van der Waals surface area contributed by atoms with E-state index in [2.05, 4.69) is 15.1 Å². The molecule has 6 nitrogen and oxygen atoms in total. The van der Waals surface area contributed by atoms with Crippen LogP contribution in [-0.2, 0) is 13.1 Å². The lowest BCUT2D eigenvalue weighted by Gasteiger charge is -2.18. The maximum Gasteiger partial charge on any atom is 0.280 e. The van der Waals surface area contributed by atoms with Crippen LogP contribution in [0.5, 0.6) is 0 Å². The summed E-state index contributed by atoms with van der Waals surface area (Å²) in [6.45, 7) is 3.04. The zero-order valence-corrected chi connectivity index (χ0v) is 16.1. The molecule has 0 aliphatic carbocycles. The molecule has 0 saturated carbocycles. The molecule has 27 heavy (non-hydrogen) atoms. The van der Waals surface area contributed by atoms with Gasteiger partial charge in [0.15, 0.2) is 10.8 Å². The summed E-state index contributed by atoms with van der Waals surface area (Å²) in [5.41, 5.74) is 2.11. The number of aromatic nitrogens is 4. The molecular weight excluding hydrogens is 382 g/mol. The number of rotatable bonds is 5. The van der Waals surface area contributed by atoms with Crippen LogP contribution in [0.15, 0.2) is 55.0 Å². The minimum atomic E-state index is -0.198. The monoisotopic (exact) mass is 397 g/mol. The van der Waals surface area contributed by atoms with Crippen LogP contribution in [-0.4, -0.2) is 25.7 Å². The SMILES string of the molecule is CCn1ccc(C(=O)N(Cc2cccnc2)c2nc3ccc(Cl)cc3s2)n1. The summed E-state index contributed by atoms with van der Waals surface area (Å²) in [4.78, 5) is 23.6. The van der Waals surface area contributed by atoms with Crippen molar-refractivity contribution in [2.24, 2.45) is 0 Å². The van der Waals surface area contributed by atoms with Crippen molar-refractivity contribution in [2.45, 2.75) is 20.0 Å². The second-order valence-corrected chi connectivity index (χ2v) is 7.36. The molecule has 3 aromatic heterocycles. The third-order valence-corrected chi connectivity index (χ3v) is 5.34. The summed E-state index contributed by atoms with van der Waals surface area (Å²) in [6.07, 6.45) is 5.25. The Labute approximate surface area is 165 Å². The van der Waals surface area contributed by atoms with Crippen LogP contribution in [0.4, 0.5) is 5.13 Å². The van der Waals surface area contributed by atoms with Crippen LogP contribution < -0.4 is 4.90 Å². The zero-order valence-electron chi connectivity index (χ0n) is 14.5. The van der Waals surface area contributed by atoms with E-state index in [0.29, 0.717) is 28.9 Å². The van der Waals surface area contributed by atoms with E-state index in [1.54, 1.807) is 40.3 Å². The fraction of sp³-hybridized carbons (Fsp3) is 0.158. The number of carbonyl (C=O) groups is 1. The van der Waals surface area contributed by atoms with Gasteiger partial charge in [0.25, 0.3) is 5.91 Å². The van der Waals surface area contributed by atoms with E-state index in [0.717, 1.165) is 15.8 Å². The number of hydrogen-bond acceptors (Lipinski definition) is 5. The second kappa shape index (κ2) is 7.46. The maximum atomic E-state index is 13.2. The third-order valence-electron chi connectivity index (χ3n) is 4.06. The molecule has 3 heterocycles. The van der Waals surface area contributed by atoms with Crippen molar-refractivity contribution in [1.82, 2.24) is 19.7 Å². The highest BCUT2D eigenvalue weighted by Gasteiger charge is 2.23. The quantitative estimate of drug-likeness (QED) is 0.500. The van der Waals surface area contributed by atoms with E-state index in [1.165, 1.54) is 11.3 Å². The van der Waals surface area contributed by atoms with Crippen LogP contribution >= 0.6 is 22.9 Å². The summed E-state index contributed by atoms with van der Waals surface area (Å²) in [7, 11) is 0. The second-order valence-electron chi connectivity index (χ2n) is 5.92. The topological polar surface area (TPSA) is 63.9 Å². The number of thiazole rings is 1. The molecule has 8 heteroatoms. The van der Waals surface area contributed by atoms with Crippen molar-refractivity contribution in [1.29, 1.82) is 0 Å². The number of anilines is 1. The lowest BCUT2D eigenvalue weighted by atomic mass is 10.2. The molecule has 0 aliphatic rings. The van der Waals surface area contributed by atoms with Gasteiger partial charge in [-0.15, -0.1) is 0 Å². The fourth-order valence-electron chi connectivity index (χ4n) is 2.69. The van der Waals surface area contributed by atoms with Gasteiger partial charge in [-0.3, -0.25) is 19.4 Å². The molecule has 1 aromatic carbocycles. The first kappa shape index (κ1) is 17.6. The molecule has 0 fully saturated rings. The Morgan fingerprint density at radius 1 is 1.30 bits per heavy atom. The Hall–Kier alpha value is -2.77. The number of hydrogen-bond donors (Lipinski definition) is 0. The third kappa shape index (κ3) is 3.70. The van der Waals surface area contributed by atoms with Crippen molar-refractivity contribution in [2.75, 3.05) is 4.90 Å². The van der Waals surface area contributed by atoms with Crippen LogP contribution in [0.2, 0.25) is 5.02 Å². The van der Waals surface area contributed by atoms with E-state index < -0.39 is 0 Å². The predicted molar refractivity (Wildman–Crippen MR) is 107 cm³/mol. The minimum absolute atomic E-state index is 0.198. The van der Waals surface area contributed by atoms with E-state index in [1.807, 2.05) is 31.2 Å². The van der Waals surface area contributed by atoms with Crippen molar-refractivity contribution >= 4 is 44.2 Å².